The highest BCUT2D eigenvalue weighted by Crippen LogP contribution is 2.14. The highest BCUT2D eigenvalue weighted by Gasteiger charge is 2.16. The van der Waals surface area contributed by atoms with Crippen molar-refractivity contribution in [1.29, 1.82) is 0 Å². The maximum Gasteiger partial charge on any atom is 0.338 e. The standard InChI is InChI=1S/C19H32N2O2/c1-13(2)10-18(11-14(3)4)21-15(5)12-23-19(22)16-6-8-17(20)9-7-16/h6-9,13-15,18,21H,10-12,20H2,1-5H3/t15-/m1/s1. The number of nitrogen functional groups attached to an aromatic ring is 1. The van der Waals surface area contributed by atoms with Gasteiger partial charge in [-0.05, 0) is 55.9 Å². The van der Waals surface area contributed by atoms with Crippen LogP contribution in [0.25, 0.3) is 0 Å². The zero-order chi connectivity index (χ0) is 17.4. The third-order valence-electron chi connectivity index (χ3n) is 3.64. The summed E-state index contributed by atoms with van der Waals surface area (Å²) in [5, 5.41) is 3.60. The van der Waals surface area contributed by atoms with Crippen molar-refractivity contribution in [2.75, 3.05) is 12.3 Å². The van der Waals surface area contributed by atoms with Gasteiger partial charge in [-0.1, -0.05) is 27.7 Å². The molecule has 23 heavy (non-hydrogen) atoms. The van der Waals surface area contributed by atoms with Crippen LogP contribution in [0.3, 0.4) is 0 Å². The molecule has 1 aromatic rings. The van der Waals surface area contributed by atoms with Crippen molar-refractivity contribution in [3.63, 3.8) is 0 Å². The van der Waals surface area contributed by atoms with Gasteiger partial charge < -0.3 is 15.8 Å². The molecule has 0 aliphatic rings. The van der Waals surface area contributed by atoms with Crippen molar-refractivity contribution in [3.05, 3.63) is 29.8 Å². The molecule has 130 valence electrons. The molecule has 0 aromatic heterocycles. The Morgan fingerprint density at radius 1 is 1.04 bits per heavy atom. The fourth-order valence-electron chi connectivity index (χ4n) is 2.72. The van der Waals surface area contributed by atoms with Crippen LogP contribution in [0, 0.1) is 11.8 Å². The molecule has 0 amide bonds. The van der Waals surface area contributed by atoms with Crippen molar-refractivity contribution in [2.45, 2.75) is 59.5 Å². The predicted molar refractivity (Wildman–Crippen MR) is 96.4 cm³/mol. The van der Waals surface area contributed by atoms with E-state index >= 15 is 0 Å². The Morgan fingerprint density at radius 3 is 2.04 bits per heavy atom. The third-order valence-corrected chi connectivity index (χ3v) is 3.64. The largest absolute Gasteiger partial charge is 0.460 e. The van der Waals surface area contributed by atoms with Gasteiger partial charge in [-0.15, -0.1) is 0 Å². The number of nitrogens with two attached hydrogens (primary N) is 1. The quantitative estimate of drug-likeness (QED) is 0.535. The number of esters is 1. The Bertz CT molecular complexity index is 459. The topological polar surface area (TPSA) is 64.3 Å². The molecule has 1 atom stereocenters. The third kappa shape index (κ3) is 8.03. The van der Waals surface area contributed by atoms with E-state index in [9.17, 15) is 4.79 Å². The number of nitrogens with one attached hydrogen (secondary N) is 1. The molecule has 0 spiro atoms. The van der Waals surface area contributed by atoms with Crippen LogP contribution in [-0.4, -0.2) is 24.7 Å². The Hall–Kier alpha value is -1.55. The van der Waals surface area contributed by atoms with Gasteiger partial charge in [0, 0.05) is 17.8 Å². The van der Waals surface area contributed by atoms with E-state index in [1.807, 2.05) is 0 Å². The first-order valence-electron chi connectivity index (χ1n) is 8.56. The summed E-state index contributed by atoms with van der Waals surface area (Å²) >= 11 is 0. The first kappa shape index (κ1) is 19.5. The van der Waals surface area contributed by atoms with E-state index in [-0.39, 0.29) is 12.0 Å². The zero-order valence-electron chi connectivity index (χ0n) is 15.1. The van der Waals surface area contributed by atoms with Gasteiger partial charge in [0.15, 0.2) is 0 Å². The predicted octanol–water partition coefficient (Wildman–Crippen LogP) is 3.86. The summed E-state index contributed by atoms with van der Waals surface area (Å²) in [5.41, 5.74) is 6.80. The Labute approximate surface area is 140 Å². The number of benzene rings is 1. The number of hydrogen-bond acceptors (Lipinski definition) is 4. The van der Waals surface area contributed by atoms with E-state index in [2.05, 4.69) is 39.9 Å². The second kappa shape index (κ2) is 9.56. The van der Waals surface area contributed by atoms with Crippen LogP contribution in [0.5, 0.6) is 0 Å². The number of hydrogen-bond donors (Lipinski definition) is 2. The molecule has 0 aliphatic carbocycles. The zero-order valence-corrected chi connectivity index (χ0v) is 15.1. The number of carbonyl (C=O) groups is 1. The minimum atomic E-state index is -0.303. The second-order valence-corrected chi connectivity index (χ2v) is 7.24. The highest BCUT2D eigenvalue weighted by atomic mass is 16.5. The van der Waals surface area contributed by atoms with Crippen molar-refractivity contribution in [3.8, 4) is 0 Å². The first-order valence-corrected chi connectivity index (χ1v) is 8.56. The van der Waals surface area contributed by atoms with Gasteiger partial charge in [0.2, 0.25) is 0 Å². The van der Waals surface area contributed by atoms with Gasteiger partial charge in [0.05, 0.1) is 5.56 Å². The SMILES string of the molecule is CC(C)CC(CC(C)C)N[C@H](C)COC(=O)c1ccc(N)cc1. The van der Waals surface area contributed by atoms with Gasteiger partial charge >= 0.3 is 5.97 Å². The summed E-state index contributed by atoms with van der Waals surface area (Å²) in [6, 6.07) is 7.39. The van der Waals surface area contributed by atoms with Crippen LogP contribution in [-0.2, 0) is 4.74 Å². The van der Waals surface area contributed by atoms with Crippen molar-refractivity contribution < 1.29 is 9.53 Å². The smallest absolute Gasteiger partial charge is 0.338 e. The van der Waals surface area contributed by atoms with Gasteiger partial charge in [-0.3, -0.25) is 0 Å². The molecule has 1 rings (SSSR count). The minimum Gasteiger partial charge on any atom is -0.460 e. The average molecular weight is 320 g/mol. The highest BCUT2D eigenvalue weighted by molar-refractivity contribution is 5.89. The van der Waals surface area contributed by atoms with Crippen LogP contribution in [0.15, 0.2) is 24.3 Å². The van der Waals surface area contributed by atoms with Gasteiger partial charge in [-0.25, -0.2) is 4.79 Å². The molecule has 4 nitrogen and oxygen atoms in total. The molecule has 0 unspecified atom stereocenters. The van der Waals surface area contributed by atoms with Crippen molar-refractivity contribution in [1.82, 2.24) is 5.32 Å². The Kier molecular flexibility index (Phi) is 8.10. The first-order chi connectivity index (χ1) is 10.8. The molecular weight excluding hydrogens is 288 g/mol. The summed E-state index contributed by atoms with van der Waals surface area (Å²) in [4.78, 5) is 12.0. The monoisotopic (exact) mass is 320 g/mol. The van der Waals surface area contributed by atoms with Gasteiger partial charge in [0.1, 0.15) is 6.61 Å². The Balaban J connectivity index is 2.45. The lowest BCUT2D eigenvalue weighted by Crippen LogP contribution is -2.41. The van der Waals surface area contributed by atoms with Crippen molar-refractivity contribution in [2.24, 2.45) is 11.8 Å². The van der Waals surface area contributed by atoms with E-state index in [1.54, 1.807) is 24.3 Å². The molecule has 0 saturated carbocycles. The summed E-state index contributed by atoms with van der Waals surface area (Å²) in [7, 11) is 0. The average Bonchev–Trinajstić information content (AvgIpc) is 2.44. The summed E-state index contributed by atoms with van der Waals surface area (Å²) in [6.45, 7) is 11.4. The van der Waals surface area contributed by atoms with Crippen LogP contribution < -0.4 is 11.1 Å². The molecule has 0 heterocycles. The van der Waals surface area contributed by atoms with E-state index in [0.717, 1.165) is 12.8 Å². The fourth-order valence-corrected chi connectivity index (χ4v) is 2.72. The van der Waals surface area contributed by atoms with E-state index in [1.165, 1.54) is 0 Å². The summed E-state index contributed by atoms with van der Waals surface area (Å²) in [5.74, 6) is 0.995. The summed E-state index contributed by atoms with van der Waals surface area (Å²) < 4.78 is 5.40. The molecule has 0 aliphatic heterocycles. The normalized spacial score (nSPS) is 12.9. The summed E-state index contributed by atoms with van der Waals surface area (Å²) in [6.07, 6.45) is 2.27. The minimum absolute atomic E-state index is 0.134. The van der Waals surface area contributed by atoms with Crippen LogP contribution in [0.4, 0.5) is 5.69 Å². The number of ether oxygens (including phenoxy) is 1. The molecule has 1 aromatic carbocycles. The lowest BCUT2D eigenvalue weighted by molar-refractivity contribution is 0.0463. The van der Waals surface area contributed by atoms with Gasteiger partial charge in [0.25, 0.3) is 0 Å². The van der Waals surface area contributed by atoms with Crippen LogP contribution in [0.2, 0.25) is 0 Å². The molecule has 0 bridgehead atoms. The molecule has 0 radical (unpaired) electrons. The van der Waals surface area contributed by atoms with Crippen molar-refractivity contribution >= 4 is 11.7 Å². The lowest BCUT2D eigenvalue weighted by atomic mass is 9.95. The van der Waals surface area contributed by atoms with E-state index < -0.39 is 0 Å². The molecule has 0 fully saturated rings. The van der Waals surface area contributed by atoms with E-state index in [4.69, 9.17) is 10.5 Å². The molecule has 4 heteroatoms. The molecule has 3 N–H and O–H groups in total. The maximum absolute atomic E-state index is 12.0. The molecule has 0 saturated heterocycles. The second-order valence-electron chi connectivity index (χ2n) is 7.24. The fraction of sp³-hybridized carbons (Fsp3) is 0.632. The molecular formula is C19H32N2O2. The number of rotatable bonds is 9. The maximum atomic E-state index is 12.0. The van der Waals surface area contributed by atoms with Crippen LogP contribution >= 0.6 is 0 Å². The Morgan fingerprint density at radius 2 is 1.57 bits per heavy atom. The van der Waals surface area contributed by atoms with Gasteiger partial charge in [-0.2, -0.15) is 0 Å². The number of anilines is 1. The lowest BCUT2D eigenvalue weighted by Gasteiger charge is -2.26. The number of carbonyl (C=O) groups excluding carboxylic acids is 1. The van der Waals surface area contributed by atoms with E-state index in [0.29, 0.717) is 35.7 Å². The van der Waals surface area contributed by atoms with Crippen LogP contribution in [0.1, 0.15) is 57.8 Å².